The Bertz CT molecular complexity index is 303. The molecule has 16 heavy (non-hydrogen) atoms. The van der Waals surface area contributed by atoms with E-state index >= 15 is 0 Å². The SMILES string of the molecule is CCN1CCCN(CC)P1c1ccccc1. The van der Waals surface area contributed by atoms with Gasteiger partial charge in [-0.3, -0.25) is 9.34 Å². The van der Waals surface area contributed by atoms with Crippen LogP contribution in [0.3, 0.4) is 0 Å². The maximum Gasteiger partial charge on any atom is 0.0724 e. The fourth-order valence-corrected chi connectivity index (χ4v) is 4.92. The van der Waals surface area contributed by atoms with Gasteiger partial charge in [-0.15, -0.1) is 0 Å². The average Bonchev–Trinajstić information content (AvgIpc) is 2.38. The molecular weight excluding hydrogens is 215 g/mol. The van der Waals surface area contributed by atoms with Crippen molar-refractivity contribution in [2.45, 2.75) is 20.3 Å². The molecule has 0 radical (unpaired) electrons. The largest absolute Gasteiger partial charge is 0.266 e. The molecule has 1 aliphatic heterocycles. The van der Waals surface area contributed by atoms with Gasteiger partial charge in [0.2, 0.25) is 0 Å². The van der Waals surface area contributed by atoms with E-state index in [4.69, 9.17) is 0 Å². The van der Waals surface area contributed by atoms with Crippen LogP contribution in [0.5, 0.6) is 0 Å². The predicted octanol–water partition coefficient (Wildman–Crippen LogP) is 2.67. The standard InChI is InChI=1S/C13H21N2P/c1-3-14-11-8-12-15(4-2)16(14)13-9-6-5-7-10-13/h5-7,9-10H,3-4,8,11-12H2,1-2H3. The lowest BCUT2D eigenvalue weighted by Crippen LogP contribution is -2.40. The summed E-state index contributed by atoms with van der Waals surface area (Å²) in [7, 11) is -0.227. The molecule has 1 aliphatic rings. The zero-order chi connectivity index (χ0) is 11.4. The van der Waals surface area contributed by atoms with Gasteiger partial charge in [0.15, 0.2) is 0 Å². The fourth-order valence-electron chi connectivity index (χ4n) is 2.28. The lowest BCUT2D eigenvalue weighted by atomic mass is 10.4. The summed E-state index contributed by atoms with van der Waals surface area (Å²) < 4.78 is 5.27. The summed E-state index contributed by atoms with van der Waals surface area (Å²) in [5.41, 5.74) is 0. The molecule has 88 valence electrons. The summed E-state index contributed by atoms with van der Waals surface area (Å²) in [6, 6.07) is 11.0. The van der Waals surface area contributed by atoms with Gasteiger partial charge in [-0.1, -0.05) is 44.2 Å². The van der Waals surface area contributed by atoms with E-state index in [1.165, 1.54) is 24.8 Å². The van der Waals surface area contributed by atoms with Gasteiger partial charge < -0.3 is 0 Å². The Labute approximate surface area is 100 Å². The average molecular weight is 236 g/mol. The van der Waals surface area contributed by atoms with Gasteiger partial charge in [0.1, 0.15) is 0 Å². The minimum atomic E-state index is -0.227. The number of hydrogen-bond acceptors (Lipinski definition) is 2. The summed E-state index contributed by atoms with van der Waals surface area (Å²) >= 11 is 0. The van der Waals surface area contributed by atoms with Crippen LogP contribution in [-0.4, -0.2) is 35.5 Å². The maximum absolute atomic E-state index is 2.64. The van der Waals surface area contributed by atoms with Crippen molar-refractivity contribution in [3.63, 3.8) is 0 Å². The van der Waals surface area contributed by atoms with Gasteiger partial charge in [-0.2, -0.15) is 0 Å². The molecule has 0 bridgehead atoms. The Kier molecular flexibility index (Phi) is 4.34. The van der Waals surface area contributed by atoms with Crippen molar-refractivity contribution in [3.05, 3.63) is 30.3 Å². The third-order valence-corrected chi connectivity index (χ3v) is 5.88. The fraction of sp³-hybridized carbons (Fsp3) is 0.538. The van der Waals surface area contributed by atoms with Crippen LogP contribution in [-0.2, 0) is 0 Å². The van der Waals surface area contributed by atoms with E-state index in [2.05, 4.69) is 53.5 Å². The van der Waals surface area contributed by atoms with E-state index in [1.807, 2.05) is 0 Å². The highest BCUT2D eigenvalue weighted by Crippen LogP contribution is 2.45. The first-order valence-electron chi connectivity index (χ1n) is 6.21. The number of nitrogens with zero attached hydrogens (tertiary/aromatic N) is 2. The zero-order valence-electron chi connectivity index (χ0n) is 10.3. The summed E-state index contributed by atoms with van der Waals surface area (Å²) in [6.07, 6.45) is 1.31. The van der Waals surface area contributed by atoms with Crippen molar-refractivity contribution in [1.29, 1.82) is 0 Å². The Hall–Kier alpha value is -0.430. The molecule has 0 aliphatic carbocycles. The highest BCUT2D eigenvalue weighted by molar-refractivity contribution is 7.61. The van der Waals surface area contributed by atoms with Crippen LogP contribution >= 0.6 is 8.22 Å². The van der Waals surface area contributed by atoms with Crippen LogP contribution in [0.4, 0.5) is 0 Å². The van der Waals surface area contributed by atoms with Crippen molar-refractivity contribution in [2.75, 3.05) is 26.2 Å². The number of rotatable bonds is 3. The molecule has 3 heteroatoms. The Morgan fingerprint density at radius 3 is 2.06 bits per heavy atom. The van der Waals surface area contributed by atoms with Gasteiger partial charge >= 0.3 is 0 Å². The van der Waals surface area contributed by atoms with Crippen LogP contribution in [0.2, 0.25) is 0 Å². The third-order valence-electron chi connectivity index (χ3n) is 3.09. The predicted molar refractivity (Wildman–Crippen MR) is 72.1 cm³/mol. The molecular formula is C13H21N2P. The van der Waals surface area contributed by atoms with Crippen LogP contribution < -0.4 is 5.30 Å². The Morgan fingerprint density at radius 2 is 1.56 bits per heavy atom. The van der Waals surface area contributed by atoms with Crippen molar-refractivity contribution in [1.82, 2.24) is 9.34 Å². The van der Waals surface area contributed by atoms with E-state index in [1.54, 1.807) is 0 Å². The van der Waals surface area contributed by atoms with Gasteiger partial charge in [0, 0.05) is 31.5 Å². The number of benzene rings is 1. The molecule has 0 saturated carbocycles. The lowest BCUT2D eigenvalue weighted by Gasteiger charge is -2.42. The minimum absolute atomic E-state index is 0.227. The van der Waals surface area contributed by atoms with Gasteiger partial charge in [0.25, 0.3) is 0 Å². The first kappa shape index (κ1) is 12.0. The molecule has 1 aromatic rings. The van der Waals surface area contributed by atoms with Gasteiger partial charge in [0.05, 0.1) is 8.22 Å². The summed E-state index contributed by atoms with van der Waals surface area (Å²) in [6.45, 7) is 9.39. The monoisotopic (exact) mass is 236 g/mol. The van der Waals surface area contributed by atoms with Crippen LogP contribution in [0.1, 0.15) is 20.3 Å². The maximum atomic E-state index is 2.64. The highest BCUT2D eigenvalue weighted by Gasteiger charge is 2.28. The van der Waals surface area contributed by atoms with E-state index in [0.29, 0.717) is 0 Å². The first-order valence-corrected chi connectivity index (χ1v) is 7.46. The molecule has 2 nitrogen and oxygen atoms in total. The second-order valence-corrected chi connectivity index (χ2v) is 6.30. The molecule has 0 unspecified atom stereocenters. The first-order chi connectivity index (χ1) is 7.86. The van der Waals surface area contributed by atoms with E-state index in [-0.39, 0.29) is 8.22 Å². The zero-order valence-corrected chi connectivity index (χ0v) is 11.2. The lowest BCUT2D eigenvalue weighted by molar-refractivity contribution is 0.339. The smallest absolute Gasteiger partial charge is 0.0724 e. The second-order valence-electron chi connectivity index (χ2n) is 4.07. The van der Waals surface area contributed by atoms with Gasteiger partial charge in [-0.05, 0) is 6.42 Å². The van der Waals surface area contributed by atoms with Crippen molar-refractivity contribution in [2.24, 2.45) is 0 Å². The Morgan fingerprint density at radius 1 is 1.00 bits per heavy atom. The number of hydrogen-bond donors (Lipinski definition) is 0. The van der Waals surface area contributed by atoms with Crippen molar-refractivity contribution >= 4 is 13.5 Å². The quantitative estimate of drug-likeness (QED) is 0.744. The summed E-state index contributed by atoms with van der Waals surface area (Å²) in [4.78, 5) is 0. The molecule has 1 fully saturated rings. The second kappa shape index (κ2) is 5.77. The highest BCUT2D eigenvalue weighted by atomic mass is 31.1. The molecule has 0 N–H and O–H groups in total. The van der Waals surface area contributed by atoms with Crippen molar-refractivity contribution in [3.8, 4) is 0 Å². The summed E-state index contributed by atoms with van der Waals surface area (Å²) in [5.74, 6) is 0. The van der Waals surface area contributed by atoms with Gasteiger partial charge in [-0.25, -0.2) is 0 Å². The minimum Gasteiger partial charge on any atom is -0.266 e. The van der Waals surface area contributed by atoms with Crippen LogP contribution in [0.25, 0.3) is 0 Å². The molecule has 0 spiro atoms. The topological polar surface area (TPSA) is 6.48 Å². The van der Waals surface area contributed by atoms with E-state index in [9.17, 15) is 0 Å². The molecule has 0 amide bonds. The molecule has 1 heterocycles. The normalized spacial score (nSPS) is 20.1. The summed E-state index contributed by atoms with van der Waals surface area (Å²) in [5, 5.41) is 1.50. The van der Waals surface area contributed by atoms with E-state index in [0.717, 1.165) is 13.1 Å². The molecule has 0 atom stereocenters. The molecule has 1 saturated heterocycles. The van der Waals surface area contributed by atoms with Crippen LogP contribution in [0, 0.1) is 0 Å². The molecule has 1 aromatic carbocycles. The molecule has 0 aromatic heterocycles. The molecule has 2 rings (SSSR count). The van der Waals surface area contributed by atoms with E-state index < -0.39 is 0 Å². The third kappa shape index (κ3) is 2.45. The van der Waals surface area contributed by atoms with Crippen molar-refractivity contribution < 1.29 is 0 Å². The Balaban J connectivity index is 2.24. The van der Waals surface area contributed by atoms with Crippen LogP contribution in [0.15, 0.2) is 30.3 Å².